The fourth-order valence-electron chi connectivity index (χ4n) is 2.81. The molecule has 1 aromatic rings. The van der Waals surface area contributed by atoms with E-state index in [1.54, 1.807) is 11.8 Å². The zero-order chi connectivity index (χ0) is 15.2. The molecule has 0 spiro atoms. The van der Waals surface area contributed by atoms with Gasteiger partial charge in [0, 0.05) is 4.91 Å². The minimum absolute atomic E-state index is 0.955. The first-order valence-corrected chi connectivity index (χ1v) is 8.45. The second-order valence-electron chi connectivity index (χ2n) is 5.48. The van der Waals surface area contributed by atoms with Gasteiger partial charge in [-0.2, -0.15) is 0 Å². The molecule has 1 aromatic carbocycles. The van der Waals surface area contributed by atoms with Crippen LogP contribution >= 0.6 is 11.8 Å². The normalized spacial score (nSPS) is 13.9. The summed E-state index contributed by atoms with van der Waals surface area (Å²) in [6.45, 7) is 14.3. The van der Waals surface area contributed by atoms with Crippen molar-refractivity contribution in [1.82, 2.24) is 0 Å². The second-order valence-corrected chi connectivity index (χ2v) is 6.49. The number of aryl methyl sites for hydroxylation is 2. The summed E-state index contributed by atoms with van der Waals surface area (Å²) in [5.41, 5.74) is 6.72. The van der Waals surface area contributed by atoms with Crippen molar-refractivity contribution in [2.75, 3.05) is 0 Å². The van der Waals surface area contributed by atoms with Crippen LogP contribution in [0.1, 0.15) is 42.9 Å². The molecule has 0 unspecified atom stereocenters. The van der Waals surface area contributed by atoms with E-state index in [0.717, 1.165) is 12.8 Å². The molecule has 0 saturated carbocycles. The highest BCUT2D eigenvalue weighted by molar-refractivity contribution is 8.06. The van der Waals surface area contributed by atoms with E-state index in [1.807, 2.05) is 12.3 Å². The Morgan fingerprint density at radius 3 is 2.67 bits per heavy atom. The van der Waals surface area contributed by atoms with Gasteiger partial charge in [0.25, 0.3) is 0 Å². The van der Waals surface area contributed by atoms with Gasteiger partial charge in [-0.25, -0.2) is 0 Å². The number of rotatable bonds is 7. The van der Waals surface area contributed by atoms with Gasteiger partial charge in [-0.1, -0.05) is 55.8 Å². The van der Waals surface area contributed by atoms with Gasteiger partial charge >= 0.3 is 0 Å². The average molecular weight is 296 g/mol. The Bertz CT molecular complexity index is 590. The molecule has 0 radical (unpaired) electrons. The van der Waals surface area contributed by atoms with E-state index in [4.69, 9.17) is 0 Å². The van der Waals surface area contributed by atoms with Crippen LogP contribution in [-0.4, -0.2) is 0 Å². The lowest BCUT2D eigenvalue weighted by molar-refractivity contribution is 0.911. The summed E-state index contributed by atoms with van der Waals surface area (Å²) in [6, 6.07) is 6.84. The van der Waals surface area contributed by atoms with Crippen LogP contribution in [0.4, 0.5) is 0 Å². The molecule has 110 valence electrons. The van der Waals surface area contributed by atoms with Gasteiger partial charge in [-0.15, -0.1) is 0 Å². The summed E-state index contributed by atoms with van der Waals surface area (Å²) in [6.07, 6.45) is 7.78. The highest BCUT2D eigenvalue weighted by atomic mass is 32.2. The van der Waals surface area contributed by atoms with E-state index in [0.29, 0.717) is 0 Å². The van der Waals surface area contributed by atoms with Crippen LogP contribution in [0.15, 0.2) is 59.9 Å². The zero-order valence-corrected chi connectivity index (χ0v) is 13.8. The van der Waals surface area contributed by atoms with E-state index >= 15 is 0 Å². The highest BCUT2D eigenvalue weighted by Gasteiger charge is 2.12. The van der Waals surface area contributed by atoms with Crippen LogP contribution in [0.3, 0.4) is 0 Å². The van der Waals surface area contributed by atoms with Crippen molar-refractivity contribution in [2.45, 2.75) is 39.0 Å². The minimum atomic E-state index is 0.955. The van der Waals surface area contributed by atoms with Crippen molar-refractivity contribution >= 4 is 17.3 Å². The third-order valence-corrected chi connectivity index (χ3v) is 5.00. The smallest absolute Gasteiger partial charge is 0.00992 e. The number of fused-ring (bicyclic) bond motifs is 1. The number of allylic oxidation sites excluding steroid dienone is 3. The molecule has 0 heterocycles. The Morgan fingerprint density at radius 2 is 1.95 bits per heavy atom. The predicted molar refractivity (Wildman–Crippen MR) is 97.4 cm³/mol. The first kappa shape index (κ1) is 15.9. The van der Waals surface area contributed by atoms with E-state index in [-0.39, 0.29) is 0 Å². The number of hydrogen-bond donors (Lipinski definition) is 0. The Morgan fingerprint density at radius 1 is 1.19 bits per heavy atom. The van der Waals surface area contributed by atoms with Crippen molar-refractivity contribution in [3.63, 3.8) is 0 Å². The van der Waals surface area contributed by atoms with Crippen LogP contribution < -0.4 is 0 Å². The fraction of sp³-hybridized carbons (Fsp3) is 0.300. The Hall–Kier alpha value is -1.47. The zero-order valence-electron chi connectivity index (χ0n) is 13.0. The molecule has 21 heavy (non-hydrogen) atoms. The third kappa shape index (κ3) is 4.01. The maximum atomic E-state index is 4.27. The lowest BCUT2D eigenvalue weighted by Crippen LogP contribution is -1.90. The minimum Gasteiger partial charge on any atom is -0.0988 e. The Balaban J connectivity index is 1.96. The van der Waals surface area contributed by atoms with Crippen LogP contribution in [0.25, 0.3) is 5.57 Å². The van der Waals surface area contributed by atoms with Gasteiger partial charge in [0.2, 0.25) is 0 Å². The van der Waals surface area contributed by atoms with E-state index < -0.39 is 0 Å². The topological polar surface area (TPSA) is 0 Å². The number of benzene rings is 1. The van der Waals surface area contributed by atoms with Gasteiger partial charge < -0.3 is 0 Å². The maximum Gasteiger partial charge on any atom is 0.00992 e. The van der Waals surface area contributed by atoms with Crippen molar-refractivity contribution in [1.29, 1.82) is 0 Å². The molecule has 0 bridgehead atoms. The van der Waals surface area contributed by atoms with Crippen LogP contribution in [0.5, 0.6) is 0 Å². The van der Waals surface area contributed by atoms with Gasteiger partial charge in [0.05, 0.1) is 0 Å². The lowest BCUT2D eigenvalue weighted by Gasteiger charge is -2.11. The van der Waals surface area contributed by atoms with Crippen molar-refractivity contribution < 1.29 is 0 Å². The lowest BCUT2D eigenvalue weighted by atomic mass is 9.97. The van der Waals surface area contributed by atoms with Gasteiger partial charge in [0.1, 0.15) is 0 Å². The molecule has 1 aliphatic carbocycles. The molecule has 0 fully saturated rings. The predicted octanol–water partition coefficient (Wildman–Crippen LogP) is 6.31. The fourth-order valence-corrected chi connectivity index (χ4v) is 3.39. The summed E-state index contributed by atoms with van der Waals surface area (Å²) in [5.74, 6) is 0. The monoisotopic (exact) mass is 296 g/mol. The summed E-state index contributed by atoms with van der Waals surface area (Å²) < 4.78 is 0. The summed E-state index contributed by atoms with van der Waals surface area (Å²) >= 11 is 1.64. The quantitative estimate of drug-likeness (QED) is 0.532. The van der Waals surface area contributed by atoms with E-state index in [9.17, 15) is 0 Å². The Kier molecular flexibility index (Phi) is 5.69. The second kappa shape index (κ2) is 7.51. The van der Waals surface area contributed by atoms with Crippen LogP contribution in [0, 0.1) is 0 Å². The number of thioether (sulfide) groups is 1. The van der Waals surface area contributed by atoms with Crippen LogP contribution in [0.2, 0.25) is 0 Å². The van der Waals surface area contributed by atoms with Crippen molar-refractivity contribution in [2.24, 2.45) is 0 Å². The molecule has 1 aliphatic rings. The maximum absolute atomic E-state index is 4.27. The SMILES string of the molecule is C=CS/C(=C\C)C(=C)CCC(=C)c1ccc2c(c1)CCC2. The molecular formula is C20H24S. The molecule has 0 atom stereocenters. The summed E-state index contributed by atoms with van der Waals surface area (Å²) in [7, 11) is 0. The van der Waals surface area contributed by atoms with Crippen molar-refractivity contribution in [3.05, 3.63) is 76.6 Å². The molecule has 2 rings (SSSR count). The highest BCUT2D eigenvalue weighted by Crippen LogP contribution is 2.31. The van der Waals surface area contributed by atoms with Gasteiger partial charge in [-0.05, 0) is 72.3 Å². The summed E-state index contributed by atoms with van der Waals surface area (Å²) in [4.78, 5) is 1.21. The molecule has 1 heteroatoms. The molecule has 0 amide bonds. The Labute approximate surface area is 133 Å². The number of hydrogen-bond acceptors (Lipinski definition) is 1. The van der Waals surface area contributed by atoms with Gasteiger partial charge in [0.15, 0.2) is 0 Å². The third-order valence-electron chi connectivity index (χ3n) is 4.06. The first-order chi connectivity index (χ1) is 10.2. The molecule has 0 nitrogen and oxygen atoms in total. The summed E-state index contributed by atoms with van der Waals surface area (Å²) in [5, 5.41) is 1.86. The van der Waals surface area contributed by atoms with E-state index in [2.05, 4.69) is 44.0 Å². The molecule has 0 aliphatic heterocycles. The van der Waals surface area contributed by atoms with E-state index in [1.165, 1.54) is 52.0 Å². The first-order valence-electron chi connectivity index (χ1n) is 7.57. The van der Waals surface area contributed by atoms with Crippen LogP contribution in [-0.2, 0) is 12.8 Å². The molecule has 0 N–H and O–H groups in total. The average Bonchev–Trinajstić information content (AvgIpc) is 2.97. The molecular weight excluding hydrogens is 272 g/mol. The van der Waals surface area contributed by atoms with Crippen molar-refractivity contribution in [3.8, 4) is 0 Å². The largest absolute Gasteiger partial charge is 0.0988 e. The standard InChI is InChI=1S/C20H24S/c1-5-20(21-6-2)16(4)11-10-15(3)18-13-12-17-8-7-9-19(17)14-18/h5-6,12-14H,2-4,7-11H2,1H3/b20-5-. The molecule has 0 aromatic heterocycles. The van der Waals surface area contributed by atoms with Gasteiger partial charge in [-0.3, -0.25) is 0 Å². The molecule has 0 saturated heterocycles.